The number of nitrogens with two attached hydrogens (primary N) is 3. The zero-order valence-corrected chi connectivity index (χ0v) is 38.9. The molecule has 3 rings (SSSR count). The van der Waals surface area contributed by atoms with Crippen molar-refractivity contribution in [3.05, 3.63) is 47.5 Å². The van der Waals surface area contributed by atoms with Crippen LogP contribution in [-0.2, 0) is 40.0 Å². The molecule has 1 aliphatic heterocycles. The van der Waals surface area contributed by atoms with Crippen LogP contribution in [0.15, 0.2) is 36.4 Å². The van der Waals surface area contributed by atoms with Crippen LogP contribution < -0.4 is 37.3 Å². The molecule has 17 heteroatoms. The van der Waals surface area contributed by atoms with E-state index in [9.17, 15) is 43.9 Å². The summed E-state index contributed by atoms with van der Waals surface area (Å²) in [5, 5.41) is 24.2. The molecule has 0 spiro atoms. The van der Waals surface area contributed by atoms with Crippen LogP contribution in [-0.4, -0.2) is 103 Å². The summed E-state index contributed by atoms with van der Waals surface area (Å²) >= 11 is 0. The minimum atomic E-state index is -1.42. The molecule has 0 aromatic heterocycles. The molecule has 5 atom stereocenters. The SMILES string of the molecule is CCCCCCCCCCCC(=O)N[C@@H](CC(=O)O)C(=O)C[C@@H](CN)C(=O)N(C)[C@@H]1C(=O)C[C@@H](C)C(=O)N[C@H](C(=O)CCC#N)Cc2ccc(OCCN)c(c2)-c2cc1ccc2OCCN. The fraction of sp³-hybridized carbons (Fsp3) is 0.592. The fourth-order valence-corrected chi connectivity index (χ4v) is 8.07. The summed E-state index contributed by atoms with van der Waals surface area (Å²) in [6.45, 7) is 3.97. The topological polar surface area (TPSA) is 287 Å². The van der Waals surface area contributed by atoms with Crippen LogP contribution in [0.4, 0.5) is 0 Å². The average molecular weight is 918 g/mol. The first-order valence-electron chi connectivity index (χ1n) is 23.4. The van der Waals surface area contributed by atoms with Crippen LogP contribution in [0.3, 0.4) is 0 Å². The Labute approximate surface area is 388 Å². The highest BCUT2D eigenvalue weighted by molar-refractivity contribution is 5.98. The van der Waals surface area contributed by atoms with Crippen molar-refractivity contribution in [2.75, 3.05) is 39.9 Å². The van der Waals surface area contributed by atoms with Gasteiger partial charge in [-0.25, -0.2) is 0 Å². The van der Waals surface area contributed by atoms with Crippen molar-refractivity contribution < 1.29 is 48.1 Å². The highest BCUT2D eigenvalue weighted by atomic mass is 16.5. The van der Waals surface area contributed by atoms with E-state index in [0.717, 1.165) is 30.6 Å². The van der Waals surface area contributed by atoms with Gasteiger partial charge in [-0.15, -0.1) is 0 Å². The maximum atomic E-state index is 14.6. The minimum Gasteiger partial charge on any atom is -0.492 e. The van der Waals surface area contributed by atoms with E-state index in [2.05, 4.69) is 17.6 Å². The maximum absolute atomic E-state index is 14.6. The van der Waals surface area contributed by atoms with Crippen molar-refractivity contribution in [1.82, 2.24) is 15.5 Å². The van der Waals surface area contributed by atoms with E-state index in [4.69, 9.17) is 26.7 Å². The second-order valence-corrected chi connectivity index (χ2v) is 17.1. The number of carbonyl (C=O) groups is 7. The van der Waals surface area contributed by atoms with Gasteiger partial charge in [0.2, 0.25) is 17.7 Å². The van der Waals surface area contributed by atoms with Gasteiger partial charge in [0, 0.05) is 75.8 Å². The number of nitriles is 1. The third kappa shape index (κ3) is 17.3. The molecule has 0 saturated carbocycles. The summed E-state index contributed by atoms with van der Waals surface area (Å²) in [7, 11) is 1.38. The number of benzene rings is 2. The van der Waals surface area contributed by atoms with Crippen LogP contribution >= 0.6 is 0 Å². The van der Waals surface area contributed by atoms with Gasteiger partial charge in [0.05, 0.1) is 30.5 Å². The van der Waals surface area contributed by atoms with Gasteiger partial charge >= 0.3 is 5.97 Å². The molecule has 0 unspecified atom stereocenters. The number of rotatable bonds is 28. The molecule has 0 saturated heterocycles. The highest BCUT2D eigenvalue weighted by Gasteiger charge is 2.37. The Morgan fingerprint density at radius 1 is 0.864 bits per heavy atom. The molecule has 1 aliphatic rings. The van der Waals surface area contributed by atoms with Gasteiger partial charge in [0.25, 0.3) is 0 Å². The number of ether oxygens (including phenoxy) is 2. The molecule has 4 bridgehead atoms. The molecule has 2 aromatic carbocycles. The molecule has 2 aromatic rings. The molecule has 17 nitrogen and oxygen atoms in total. The van der Waals surface area contributed by atoms with Crippen molar-refractivity contribution in [3.63, 3.8) is 0 Å². The number of Topliss-reactive ketones (excluding diaryl/α,β-unsaturated/α-hetero) is 3. The zero-order valence-electron chi connectivity index (χ0n) is 38.9. The number of fused-ring (bicyclic) bond motifs is 5. The highest BCUT2D eigenvalue weighted by Crippen LogP contribution is 2.41. The summed E-state index contributed by atoms with van der Waals surface area (Å²) in [4.78, 5) is 96.0. The third-order valence-corrected chi connectivity index (χ3v) is 11.7. The number of ketones is 3. The van der Waals surface area contributed by atoms with Crippen LogP contribution in [0.5, 0.6) is 11.5 Å². The molecule has 3 amide bonds. The predicted octanol–water partition coefficient (Wildman–Crippen LogP) is 4.45. The lowest BCUT2D eigenvalue weighted by Crippen LogP contribution is -2.47. The van der Waals surface area contributed by atoms with Gasteiger partial charge in [-0.05, 0) is 48.2 Å². The Bertz CT molecular complexity index is 2000. The number of carboxylic acid groups (broad SMARTS) is 1. The predicted molar refractivity (Wildman–Crippen MR) is 249 cm³/mol. The van der Waals surface area contributed by atoms with Crippen molar-refractivity contribution in [1.29, 1.82) is 5.26 Å². The third-order valence-electron chi connectivity index (χ3n) is 11.7. The summed E-state index contributed by atoms with van der Waals surface area (Å²) in [5.74, 6) is -6.16. The number of nitrogens with zero attached hydrogens (tertiary/aromatic N) is 2. The van der Waals surface area contributed by atoms with Gasteiger partial charge in [-0.3, -0.25) is 33.6 Å². The largest absolute Gasteiger partial charge is 0.492 e. The van der Waals surface area contributed by atoms with E-state index in [0.29, 0.717) is 40.2 Å². The summed E-state index contributed by atoms with van der Waals surface area (Å²) in [5.41, 5.74) is 19.7. The number of unbranched alkanes of at least 4 members (excludes halogenated alkanes) is 8. The number of hydrogen-bond donors (Lipinski definition) is 6. The lowest BCUT2D eigenvalue weighted by molar-refractivity contribution is -0.144. The smallest absolute Gasteiger partial charge is 0.305 e. The maximum Gasteiger partial charge on any atom is 0.305 e. The number of carbonyl (C=O) groups excluding carboxylic acids is 6. The first-order valence-corrected chi connectivity index (χ1v) is 23.4. The van der Waals surface area contributed by atoms with E-state index in [1.54, 1.807) is 36.4 Å². The second kappa shape index (κ2) is 29.0. The normalized spacial score (nSPS) is 17.0. The molecule has 1 heterocycles. The van der Waals surface area contributed by atoms with Crippen molar-refractivity contribution in [2.45, 2.75) is 135 Å². The number of likely N-dealkylation sites (N-methyl/N-ethyl adjacent to an activating group) is 1. The van der Waals surface area contributed by atoms with Gasteiger partial charge < -0.3 is 47.3 Å². The average Bonchev–Trinajstić information content (AvgIpc) is 3.29. The summed E-state index contributed by atoms with van der Waals surface area (Å²) in [6.07, 6.45) is 7.78. The van der Waals surface area contributed by atoms with Crippen molar-refractivity contribution in [3.8, 4) is 28.7 Å². The fourth-order valence-electron chi connectivity index (χ4n) is 8.07. The Balaban J connectivity index is 2.02. The molecular weight excluding hydrogens is 847 g/mol. The van der Waals surface area contributed by atoms with Crippen molar-refractivity contribution >= 4 is 41.0 Å². The molecule has 0 fully saturated rings. The first kappa shape index (κ1) is 54.6. The van der Waals surface area contributed by atoms with Crippen LogP contribution in [0.25, 0.3) is 11.1 Å². The van der Waals surface area contributed by atoms with Gasteiger partial charge in [-0.2, -0.15) is 5.26 Å². The summed E-state index contributed by atoms with van der Waals surface area (Å²) in [6, 6.07) is 8.30. The molecular formula is C49H71N7O10. The first-order chi connectivity index (χ1) is 31.7. The van der Waals surface area contributed by atoms with Crippen LogP contribution in [0.1, 0.15) is 127 Å². The van der Waals surface area contributed by atoms with E-state index in [1.807, 2.05) is 6.07 Å². The van der Waals surface area contributed by atoms with E-state index < -0.39 is 78.1 Å². The van der Waals surface area contributed by atoms with Gasteiger partial charge in [0.1, 0.15) is 30.8 Å². The van der Waals surface area contributed by atoms with Crippen LogP contribution in [0.2, 0.25) is 0 Å². The standard InChI is InChI=1S/C49H71N7O10/c1-4-5-6-7-8-9-10-11-12-15-45(60)54-39(30-46(61)62)41(58)29-35(31-53)49(64)56(3)47-34-17-19-44(66-24-22-52)37(28-34)36-26-33(16-18-43(36)65-23-21-51)27-38(40(57)14-13-20-50)55-48(63)32(2)25-42(47)59/h16-19,26,28,32,35,38-39,47H,4-15,21-25,27,29-31,51-53H2,1-3H3,(H,54,60)(H,55,63)(H,61,62)/t32-,35+,38+,39+,47+/m1/s1. The monoisotopic (exact) mass is 918 g/mol. The lowest BCUT2D eigenvalue weighted by Gasteiger charge is -2.32. The quantitative estimate of drug-likeness (QED) is 0.0644. The number of hydrogen-bond acceptors (Lipinski definition) is 13. The molecule has 0 aliphatic carbocycles. The van der Waals surface area contributed by atoms with E-state index >= 15 is 0 Å². The number of aliphatic carboxylic acids is 1. The number of nitrogens with one attached hydrogen (secondary N) is 2. The lowest BCUT2D eigenvalue weighted by atomic mass is 9.88. The zero-order chi connectivity index (χ0) is 48.6. The molecule has 0 radical (unpaired) electrons. The minimum absolute atomic E-state index is 0.0588. The molecule has 9 N–H and O–H groups in total. The van der Waals surface area contributed by atoms with E-state index in [-0.39, 0.29) is 70.7 Å². The van der Waals surface area contributed by atoms with E-state index in [1.165, 1.54) is 39.7 Å². The van der Waals surface area contributed by atoms with Crippen molar-refractivity contribution in [2.24, 2.45) is 29.0 Å². The Morgan fingerprint density at radius 3 is 2.06 bits per heavy atom. The van der Waals surface area contributed by atoms with Crippen LogP contribution in [0, 0.1) is 23.2 Å². The molecule has 66 heavy (non-hydrogen) atoms. The summed E-state index contributed by atoms with van der Waals surface area (Å²) < 4.78 is 12.2. The number of amides is 3. The van der Waals surface area contributed by atoms with Gasteiger partial charge in [-0.1, -0.05) is 77.3 Å². The van der Waals surface area contributed by atoms with Gasteiger partial charge in [0.15, 0.2) is 17.3 Å². The second-order valence-electron chi connectivity index (χ2n) is 17.1. The Morgan fingerprint density at radius 2 is 1.47 bits per heavy atom. The Kier molecular flexibility index (Phi) is 24.0. The molecule has 362 valence electrons. The number of carboxylic acids is 1. The Hall–Kier alpha value is -5.70.